The number of fused-ring (bicyclic) bond motifs is 1. The fraction of sp³-hybridized carbons (Fsp3) is 0.458. The number of cyclic esters (lactones) is 1. The molecule has 176 valence electrons. The number of esters is 1. The normalized spacial score (nSPS) is 24.3. The molecule has 1 aromatic rings. The van der Waals surface area contributed by atoms with Crippen LogP contribution in [0.25, 0.3) is 0 Å². The van der Waals surface area contributed by atoms with Crippen molar-refractivity contribution in [2.24, 2.45) is 0 Å². The van der Waals surface area contributed by atoms with Gasteiger partial charge in [-0.15, -0.1) is 0 Å². The number of hydrogen-bond donors (Lipinski definition) is 2. The number of ether oxygens (including phenoxy) is 3. The van der Waals surface area contributed by atoms with Crippen LogP contribution in [0, 0.1) is 0 Å². The number of phenolic OH excluding ortho intramolecular Hbond substituents is 2. The molecule has 1 fully saturated rings. The molecular weight excluding hydrogens is 533 g/mol. The van der Waals surface area contributed by atoms with Crippen LogP contribution in [-0.4, -0.2) is 97.7 Å². The molecule has 0 aromatic heterocycles. The summed E-state index contributed by atoms with van der Waals surface area (Å²) in [5, 5.41) is 20.2. The molecule has 1 aromatic carbocycles. The maximum atomic E-state index is 12.7. The van der Waals surface area contributed by atoms with Gasteiger partial charge in [0.2, 0.25) is 0 Å². The Kier molecular flexibility index (Phi) is 9.51. The van der Waals surface area contributed by atoms with Crippen LogP contribution < -0.4 is 0 Å². The van der Waals surface area contributed by atoms with E-state index in [9.17, 15) is 19.8 Å². The van der Waals surface area contributed by atoms with Gasteiger partial charge in [0.05, 0.1) is 0 Å². The first-order valence-electron chi connectivity index (χ1n) is 11.0. The average molecular weight is 562 g/mol. The summed E-state index contributed by atoms with van der Waals surface area (Å²) in [6, 6.07) is 2.63. The number of rotatable bonds is 3. The van der Waals surface area contributed by atoms with Crippen molar-refractivity contribution < 1.29 is 34.0 Å². The van der Waals surface area contributed by atoms with Crippen LogP contribution in [0.15, 0.2) is 36.4 Å². The van der Waals surface area contributed by atoms with Gasteiger partial charge in [-0.1, -0.05) is 0 Å². The summed E-state index contributed by atoms with van der Waals surface area (Å²) in [5.74, 6) is -1.09. The number of morpholine rings is 1. The van der Waals surface area contributed by atoms with Crippen molar-refractivity contribution in [3.05, 3.63) is 47.6 Å². The number of hydrogen-bond acceptors (Lipinski definition) is 7. The van der Waals surface area contributed by atoms with Gasteiger partial charge in [0, 0.05) is 0 Å². The van der Waals surface area contributed by atoms with Crippen LogP contribution >= 0.6 is 0 Å². The molecule has 2 aliphatic heterocycles. The van der Waals surface area contributed by atoms with E-state index in [1.807, 2.05) is 24.3 Å². The predicted molar refractivity (Wildman–Crippen MR) is 124 cm³/mol. The van der Waals surface area contributed by atoms with Gasteiger partial charge in [0.25, 0.3) is 0 Å². The van der Waals surface area contributed by atoms with Gasteiger partial charge in [0.1, 0.15) is 0 Å². The molecular formula is C24H29NO7Sn. The Balaban J connectivity index is 1.72. The molecule has 0 bridgehead atoms. The van der Waals surface area contributed by atoms with Crippen LogP contribution in [0.3, 0.4) is 0 Å². The van der Waals surface area contributed by atoms with Crippen molar-refractivity contribution in [2.45, 2.75) is 38.4 Å². The SMILES string of the molecule is C[C@@H]1C/C=C/[C@@H](OCC(=O)N2CCOCC2)C/C=C/[C](=[Sn])Cc2cc(O)cc(O)c2C(=O)O1. The fourth-order valence-corrected chi connectivity index (χ4v) is 4.53. The van der Waals surface area contributed by atoms with Crippen molar-refractivity contribution in [3.8, 4) is 11.5 Å². The first-order valence-corrected chi connectivity index (χ1v) is 12.4. The van der Waals surface area contributed by atoms with E-state index in [2.05, 4.69) is 0 Å². The number of aromatic hydroxyl groups is 2. The van der Waals surface area contributed by atoms with Gasteiger partial charge in [0.15, 0.2) is 0 Å². The number of benzene rings is 1. The van der Waals surface area contributed by atoms with E-state index in [4.69, 9.17) is 14.2 Å². The molecule has 2 aliphatic rings. The van der Waals surface area contributed by atoms with Crippen LogP contribution in [0.2, 0.25) is 0 Å². The van der Waals surface area contributed by atoms with Gasteiger partial charge in [-0.25, -0.2) is 0 Å². The molecule has 2 heterocycles. The first-order chi connectivity index (χ1) is 15.8. The minimum atomic E-state index is -0.628. The summed E-state index contributed by atoms with van der Waals surface area (Å²) >= 11 is 1.14. The van der Waals surface area contributed by atoms with Crippen molar-refractivity contribution in [2.75, 3.05) is 32.9 Å². The Morgan fingerprint density at radius 1 is 1.21 bits per heavy atom. The van der Waals surface area contributed by atoms with Gasteiger partial charge in [-0.3, -0.25) is 0 Å². The molecule has 9 heteroatoms. The van der Waals surface area contributed by atoms with E-state index in [0.717, 1.165) is 31.6 Å². The summed E-state index contributed by atoms with van der Waals surface area (Å²) < 4.78 is 17.7. The fourth-order valence-electron chi connectivity index (χ4n) is 3.65. The van der Waals surface area contributed by atoms with E-state index in [0.29, 0.717) is 51.1 Å². The van der Waals surface area contributed by atoms with Crippen LogP contribution in [0.1, 0.15) is 35.7 Å². The maximum absolute atomic E-state index is 12.7. The number of phenols is 2. The van der Waals surface area contributed by atoms with Gasteiger partial charge in [-0.2, -0.15) is 0 Å². The quantitative estimate of drug-likeness (QED) is 0.328. The van der Waals surface area contributed by atoms with Gasteiger partial charge < -0.3 is 0 Å². The molecule has 2 atom stereocenters. The second-order valence-electron chi connectivity index (χ2n) is 8.06. The summed E-state index contributed by atoms with van der Waals surface area (Å²) in [6.07, 6.45) is 8.41. The molecule has 33 heavy (non-hydrogen) atoms. The van der Waals surface area contributed by atoms with Crippen LogP contribution in [0.5, 0.6) is 11.5 Å². The van der Waals surface area contributed by atoms with E-state index in [1.165, 1.54) is 6.07 Å². The molecule has 0 aliphatic carbocycles. The summed E-state index contributed by atoms with van der Waals surface area (Å²) in [4.78, 5) is 26.9. The third-order valence-electron chi connectivity index (χ3n) is 5.37. The monoisotopic (exact) mass is 563 g/mol. The molecule has 2 radical (unpaired) electrons. The Morgan fingerprint density at radius 3 is 2.73 bits per heavy atom. The van der Waals surface area contributed by atoms with E-state index < -0.39 is 12.1 Å². The summed E-state index contributed by atoms with van der Waals surface area (Å²) in [6.45, 7) is 4.01. The molecule has 1 amide bonds. The van der Waals surface area contributed by atoms with Crippen molar-refractivity contribution in [1.29, 1.82) is 0 Å². The zero-order valence-corrected chi connectivity index (χ0v) is 21.5. The van der Waals surface area contributed by atoms with Crippen molar-refractivity contribution >= 4 is 37.4 Å². The molecule has 3 rings (SSSR count). The Labute approximate surface area is 206 Å². The second-order valence-corrected chi connectivity index (χ2v) is 9.89. The Hall–Kier alpha value is -2.17. The van der Waals surface area contributed by atoms with Crippen molar-refractivity contribution in [3.63, 3.8) is 0 Å². The number of nitrogens with zero attached hydrogens (tertiary/aromatic N) is 1. The molecule has 8 nitrogen and oxygen atoms in total. The second kappa shape index (κ2) is 12.3. The average Bonchev–Trinajstić information content (AvgIpc) is 2.76. The summed E-state index contributed by atoms with van der Waals surface area (Å²) in [7, 11) is 0. The molecule has 0 unspecified atom stereocenters. The standard InChI is InChI=1S/C24H29NO7.Sn/c1-17-6-5-9-20(31-16-22(28)25-10-12-30-13-11-25)8-4-2-3-7-18-14-19(26)15-21(27)23(18)24(29)32-17;/h2,4-5,9,14-15,17,20,26-27H,6-8,10-13,16H2,1H3;/b4-2+,9-5+;/t17-,20+;/m1./s1. The minimum absolute atomic E-state index is 0.00627. The predicted octanol–water partition coefficient (Wildman–Crippen LogP) is 1.68. The van der Waals surface area contributed by atoms with Gasteiger partial charge in [-0.05, 0) is 0 Å². The topological polar surface area (TPSA) is 106 Å². The molecule has 1 saturated heterocycles. The number of amides is 1. The molecule has 2 N–H and O–H groups in total. The first kappa shape index (κ1) is 25.5. The van der Waals surface area contributed by atoms with E-state index >= 15 is 0 Å². The van der Waals surface area contributed by atoms with Gasteiger partial charge >= 0.3 is 207 Å². The Morgan fingerprint density at radius 2 is 1.97 bits per heavy atom. The summed E-state index contributed by atoms with van der Waals surface area (Å²) in [5.41, 5.74) is 0.592. The zero-order valence-electron chi connectivity index (χ0n) is 18.7. The zero-order chi connectivity index (χ0) is 23.8. The number of carbonyl (C=O) groups excluding carboxylic acids is 2. The van der Waals surface area contributed by atoms with Crippen LogP contribution in [-0.2, 0) is 25.4 Å². The number of carbonyl (C=O) groups is 2. The van der Waals surface area contributed by atoms with Crippen LogP contribution in [0.4, 0.5) is 0 Å². The third-order valence-corrected chi connectivity index (χ3v) is 6.35. The molecule has 0 saturated carbocycles. The molecule has 0 spiro atoms. The van der Waals surface area contributed by atoms with E-state index in [1.54, 1.807) is 11.8 Å². The Bertz CT molecular complexity index is 937. The third kappa shape index (κ3) is 7.68. The van der Waals surface area contributed by atoms with E-state index in [-0.39, 0.29) is 35.7 Å². The van der Waals surface area contributed by atoms with Crippen molar-refractivity contribution in [1.82, 2.24) is 4.90 Å². The number of allylic oxidation sites excluding steroid dienone is 1.